The number of carbonyl (C=O) groups excluding carboxylic acids is 2. The van der Waals surface area contributed by atoms with Crippen molar-refractivity contribution in [2.45, 2.75) is 72.2 Å². The predicted molar refractivity (Wildman–Crippen MR) is 108 cm³/mol. The molecule has 0 aromatic heterocycles. The molecule has 28 heavy (non-hydrogen) atoms. The van der Waals surface area contributed by atoms with Crippen LogP contribution in [0.15, 0.2) is 12.1 Å². The van der Waals surface area contributed by atoms with Gasteiger partial charge in [0.1, 0.15) is 5.60 Å². The number of benzene rings is 1. The van der Waals surface area contributed by atoms with Crippen LogP contribution in [0.2, 0.25) is 0 Å². The Morgan fingerprint density at radius 1 is 1.07 bits per heavy atom. The number of nitrogens with one attached hydrogen (secondary N) is 1. The first-order chi connectivity index (χ1) is 12.7. The summed E-state index contributed by atoms with van der Waals surface area (Å²) >= 11 is 0. The first-order valence-corrected chi connectivity index (χ1v) is 9.25. The van der Waals surface area contributed by atoms with Crippen molar-refractivity contribution in [2.75, 3.05) is 12.4 Å². The summed E-state index contributed by atoms with van der Waals surface area (Å²) in [6.45, 7) is 15.0. The summed E-state index contributed by atoms with van der Waals surface area (Å²) in [6.07, 6.45) is -0.613. The molecule has 154 valence electrons. The Kier molecular flexibility index (Phi) is 5.88. The largest absolute Gasteiger partial charge is 0.495 e. The Bertz CT molecular complexity index is 766. The zero-order valence-electron chi connectivity index (χ0n) is 18.2. The highest BCUT2D eigenvalue weighted by Gasteiger charge is 2.52. The van der Waals surface area contributed by atoms with E-state index in [0.29, 0.717) is 11.2 Å². The van der Waals surface area contributed by atoms with Gasteiger partial charge in [0.2, 0.25) is 0 Å². The molecule has 0 bridgehead atoms. The summed E-state index contributed by atoms with van der Waals surface area (Å²) in [5.41, 5.74) is 0.358. The zero-order valence-corrected chi connectivity index (χ0v) is 18.2. The summed E-state index contributed by atoms with van der Waals surface area (Å²) in [5, 5.41) is 2.71. The van der Waals surface area contributed by atoms with Crippen LogP contribution in [-0.2, 0) is 18.8 Å². The van der Waals surface area contributed by atoms with E-state index in [9.17, 15) is 9.59 Å². The molecule has 1 aromatic rings. The molecule has 2 rings (SSSR count). The summed E-state index contributed by atoms with van der Waals surface area (Å²) < 4.78 is 22.4. The molecule has 1 N–H and O–H groups in total. The molecule has 8 heteroatoms. The average molecular weight is 391 g/mol. The molecule has 0 aliphatic carbocycles. The van der Waals surface area contributed by atoms with E-state index in [-0.39, 0.29) is 5.56 Å². The lowest BCUT2D eigenvalue weighted by molar-refractivity contribution is 0.00578. The number of ether oxygens (including phenoxy) is 2. The van der Waals surface area contributed by atoms with Crippen molar-refractivity contribution in [3.05, 3.63) is 23.3 Å². The molecule has 1 saturated heterocycles. The summed E-state index contributed by atoms with van der Waals surface area (Å²) in [5.74, 6) is -0.523. The van der Waals surface area contributed by atoms with Crippen LogP contribution in [0, 0.1) is 6.92 Å². The third kappa shape index (κ3) is 4.67. The Labute approximate surface area is 167 Å². The molecular formula is C20H30BNO6. The van der Waals surface area contributed by atoms with Crippen molar-refractivity contribution in [1.29, 1.82) is 0 Å². The topological polar surface area (TPSA) is 83.1 Å². The first kappa shape index (κ1) is 22.2. The van der Waals surface area contributed by atoms with Crippen LogP contribution in [0.5, 0.6) is 0 Å². The number of methoxy groups -OCH3 is 1. The van der Waals surface area contributed by atoms with Gasteiger partial charge in [-0.05, 0) is 78.5 Å². The van der Waals surface area contributed by atoms with E-state index < -0.39 is 36.0 Å². The van der Waals surface area contributed by atoms with E-state index in [1.54, 1.807) is 32.9 Å². The van der Waals surface area contributed by atoms with Crippen LogP contribution in [-0.4, -0.2) is 43.1 Å². The predicted octanol–water partition coefficient (Wildman–Crippen LogP) is 3.43. The van der Waals surface area contributed by atoms with Gasteiger partial charge in [-0.3, -0.25) is 5.32 Å². The number of esters is 1. The Balaban J connectivity index is 2.46. The third-order valence-electron chi connectivity index (χ3n) is 5.01. The normalized spacial score (nSPS) is 18.0. The number of hydrogen-bond acceptors (Lipinski definition) is 6. The lowest BCUT2D eigenvalue weighted by atomic mass is 9.75. The van der Waals surface area contributed by atoms with Gasteiger partial charge in [-0.2, -0.15) is 0 Å². The van der Waals surface area contributed by atoms with E-state index in [4.69, 9.17) is 18.8 Å². The molecule has 1 aromatic carbocycles. The van der Waals surface area contributed by atoms with Gasteiger partial charge in [0.25, 0.3) is 0 Å². The summed E-state index contributed by atoms with van der Waals surface area (Å²) in [7, 11) is 0.617. The van der Waals surface area contributed by atoms with Crippen molar-refractivity contribution < 1.29 is 28.4 Å². The van der Waals surface area contributed by atoms with E-state index in [2.05, 4.69) is 5.32 Å². The highest BCUT2D eigenvalue weighted by atomic mass is 16.7. The van der Waals surface area contributed by atoms with Gasteiger partial charge in [-0.1, -0.05) is 0 Å². The molecule has 1 aliphatic heterocycles. The zero-order chi connectivity index (χ0) is 21.5. The van der Waals surface area contributed by atoms with Crippen LogP contribution >= 0.6 is 0 Å². The van der Waals surface area contributed by atoms with Crippen molar-refractivity contribution in [1.82, 2.24) is 0 Å². The van der Waals surface area contributed by atoms with Gasteiger partial charge in [0.15, 0.2) is 0 Å². The molecular weight excluding hydrogens is 361 g/mol. The number of carbonyl (C=O) groups is 2. The van der Waals surface area contributed by atoms with Crippen LogP contribution in [0.4, 0.5) is 10.5 Å². The Morgan fingerprint density at radius 3 is 2.07 bits per heavy atom. The summed E-state index contributed by atoms with van der Waals surface area (Å²) in [4.78, 5) is 24.4. The van der Waals surface area contributed by atoms with Gasteiger partial charge in [-0.15, -0.1) is 0 Å². The number of rotatable bonds is 3. The van der Waals surface area contributed by atoms with Gasteiger partial charge in [0.05, 0.1) is 23.9 Å². The SMILES string of the molecule is COC(=O)c1cc(NC(=O)OC(C)(C)C)c(C)c(B2OC(C)(C)C(C)(C)O2)c1. The lowest BCUT2D eigenvalue weighted by Crippen LogP contribution is -2.41. The van der Waals surface area contributed by atoms with Gasteiger partial charge >= 0.3 is 19.2 Å². The molecule has 7 nitrogen and oxygen atoms in total. The van der Waals surface area contributed by atoms with Crippen LogP contribution in [0.1, 0.15) is 64.4 Å². The van der Waals surface area contributed by atoms with Crippen molar-refractivity contribution >= 4 is 30.3 Å². The number of hydrogen-bond donors (Lipinski definition) is 1. The van der Waals surface area contributed by atoms with Crippen molar-refractivity contribution in [2.24, 2.45) is 0 Å². The fourth-order valence-corrected chi connectivity index (χ4v) is 2.73. The average Bonchev–Trinajstić information content (AvgIpc) is 2.74. The van der Waals surface area contributed by atoms with Crippen molar-refractivity contribution in [3.8, 4) is 0 Å². The molecule has 1 fully saturated rings. The van der Waals surface area contributed by atoms with Gasteiger partial charge in [0, 0.05) is 5.69 Å². The van der Waals surface area contributed by atoms with Crippen LogP contribution in [0.25, 0.3) is 0 Å². The number of amides is 1. The number of anilines is 1. The molecule has 1 heterocycles. The fourth-order valence-electron chi connectivity index (χ4n) is 2.73. The molecule has 0 radical (unpaired) electrons. The standard InChI is InChI=1S/C20H30BNO6/c1-12-14(21-27-19(5,6)20(7,8)28-21)10-13(16(23)25-9)11-15(12)22-17(24)26-18(2,3)4/h10-11H,1-9H3,(H,22,24). The fraction of sp³-hybridized carbons (Fsp3) is 0.600. The molecule has 1 aliphatic rings. The molecule has 0 unspecified atom stereocenters. The van der Waals surface area contributed by atoms with Crippen LogP contribution in [0.3, 0.4) is 0 Å². The minimum Gasteiger partial charge on any atom is -0.465 e. The van der Waals surface area contributed by atoms with E-state index in [1.165, 1.54) is 7.11 Å². The minimum absolute atomic E-state index is 0.281. The maximum atomic E-state index is 12.3. The lowest BCUT2D eigenvalue weighted by Gasteiger charge is -2.32. The van der Waals surface area contributed by atoms with Gasteiger partial charge < -0.3 is 18.8 Å². The van der Waals surface area contributed by atoms with E-state index in [1.807, 2.05) is 34.6 Å². The molecule has 0 atom stereocenters. The third-order valence-corrected chi connectivity index (χ3v) is 5.01. The minimum atomic E-state index is -0.686. The molecule has 0 spiro atoms. The Morgan fingerprint density at radius 2 is 1.61 bits per heavy atom. The second-order valence-corrected chi connectivity index (χ2v) is 8.94. The van der Waals surface area contributed by atoms with Crippen molar-refractivity contribution in [3.63, 3.8) is 0 Å². The smallest absolute Gasteiger partial charge is 0.465 e. The molecule has 1 amide bonds. The van der Waals surface area contributed by atoms with E-state index >= 15 is 0 Å². The van der Waals surface area contributed by atoms with E-state index in [0.717, 1.165) is 5.56 Å². The quantitative estimate of drug-likeness (QED) is 0.628. The first-order valence-electron chi connectivity index (χ1n) is 9.25. The van der Waals surface area contributed by atoms with Crippen LogP contribution < -0.4 is 10.8 Å². The highest BCUT2D eigenvalue weighted by molar-refractivity contribution is 6.63. The maximum Gasteiger partial charge on any atom is 0.495 e. The van der Waals surface area contributed by atoms with Gasteiger partial charge in [-0.25, -0.2) is 9.59 Å². The maximum absolute atomic E-state index is 12.3. The molecule has 0 saturated carbocycles. The highest BCUT2D eigenvalue weighted by Crippen LogP contribution is 2.37. The Hall–Kier alpha value is -2.06. The second kappa shape index (κ2) is 7.41. The summed E-state index contributed by atoms with van der Waals surface area (Å²) in [6, 6.07) is 3.23. The monoisotopic (exact) mass is 391 g/mol. The second-order valence-electron chi connectivity index (χ2n) is 8.94.